The Morgan fingerprint density at radius 1 is 1.05 bits per heavy atom. The normalized spacial score (nSPS) is 20.2. The van der Waals surface area contributed by atoms with Gasteiger partial charge in [-0.15, -0.1) is 0 Å². The first-order valence-corrected chi connectivity index (χ1v) is 13.7. The van der Waals surface area contributed by atoms with E-state index in [0.717, 1.165) is 25.9 Å². The van der Waals surface area contributed by atoms with Gasteiger partial charge in [0.2, 0.25) is 0 Å². The second-order valence-electron chi connectivity index (χ2n) is 10.4. The van der Waals surface area contributed by atoms with Crippen molar-refractivity contribution >= 4 is 44.9 Å². The quantitative estimate of drug-likeness (QED) is 0.239. The van der Waals surface area contributed by atoms with Crippen molar-refractivity contribution in [2.75, 3.05) is 38.3 Å². The SMILES string of the molecule is COC(=O)c1cc2c(OC[C@@H](O)CN3C[C@@H]4CC=CC[C@H]3CN4c3ccc4ccccc4c3)ccc(Cl)c2[nH]1. The molecule has 8 heteroatoms. The number of rotatable bonds is 7. The number of nitrogens with one attached hydrogen (secondary N) is 1. The van der Waals surface area contributed by atoms with Gasteiger partial charge in [0.05, 0.1) is 17.6 Å². The molecule has 3 aromatic carbocycles. The number of anilines is 1. The predicted octanol–water partition coefficient (Wildman–Crippen LogP) is 5.41. The van der Waals surface area contributed by atoms with Crippen LogP contribution >= 0.6 is 11.6 Å². The number of esters is 1. The number of piperazine rings is 1. The van der Waals surface area contributed by atoms with Gasteiger partial charge >= 0.3 is 5.97 Å². The van der Waals surface area contributed by atoms with Crippen molar-refractivity contribution in [2.45, 2.75) is 31.0 Å². The first kappa shape index (κ1) is 25.7. The van der Waals surface area contributed by atoms with Gasteiger partial charge in [-0.25, -0.2) is 4.79 Å². The van der Waals surface area contributed by atoms with E-state index in [9.17, 15) is 9.90 Å². The number of methoxy groups -OCH3 is 1. The Morgan fingerprint density at radius 3 is 2.67 bits per heavy atom. The second-order valence-corrected chi connectivity index (χ2v) is 10.8. The first-order valence-electron chi connectivity index (χ1n) is 13.3. The molecule has 4 heterocycles. The molecule has 2 N–H and O–H groups in total. The maximum Gasteiger partial charge on any atom is 0.354 e. The van der Waals surface area contributed by atoms with Gasteiger partial charge in [-0.1, -0.05) is 54.1 Å². The Labute approximate surface area is 232 Å². The second kappa shape index (κ2) is 10.9. The zero-order chi connectivity index (χ0) is 26.9. The monoisotopic (exact) mass is 545 g/mol. The number of aliphatic hydroxyl groups excluding tert-OH is 1. The van der Waals surface area contributed by atoms with Crippen molar-refractivity contribution in [3.05, 3.63) is 83.5 Å². The molecule has 7 rings (SSSR count). The molecule has 3 atom stereocenters. The third-order valence-corrected chi connectivity index (χ3v) is 8.16. The molecule has 0 aliphatic carbocycles. The summed E-state index contributed by atoms with van der Waals surface area (Å²) in [7, 11) is 1.33. The number of aliphatic hydroxyl groups is 1. The maximum atomic E-state index is 12.0. The van der Waals surface area contributed by atoms with E-state index in [2.05, 4.69) is 69.4 Å². The van der Waals surface area contributed by atoms with Crippen molar-refractivity contribution in [3.63, 3.8) is 0 Å². The lowest BCUT2D eigenvalue weighted by atomic mass is 9.96. The minimum atomic E-state index is -0.673. The zero-order valence-electron chi connectivity index (χ0n) is 21.8. The lowest BCUT2D eigenvalue weighted by Gasteiger charge is -2.48. The number of fused-ring (bicyclic) bond motifs is 6. The number of halogens is 1. The molecule has 4 aromatic rings. The fourth-order valence-corrected chi connectivity index (χ4v) is 6.06. The van der Waals surface area contributed by atoms with Gasteiger partial charge in [0.25, 0.3) is 0 Å². The molecular weight excluding hydrogens is 514 g/mol. The van der Waals surface area contributed by atoms with Gasteiger partial charge in [0.1, 0.15) is 24.2 Å². The number of hydrogen-bond donors (Lipinski definition) is 2. The van der Waals surface area contributed by atoms with Crippen LogP contribution in [-0.2, 0) is 4.74 Å². The summed E-state index contributed by atoms with van der Waals surface area (Å²) in [6.07, 6.45) is 5.82. The zero-order valence-corrected chi connectivity index (χ0v) is 22.6. The molecule has 2 bridgehead atoms. The van der Waals surface area contributed by atoms with E-state index < -0.39 is 12.1 Å². The Bertz CT molecular complexity index is 1530. The molecular formula is C31H32ClN3O4. The highest BCUT2D eigenvalue weighted by molar-refractivity contribution is 6.35. The summed E-state index contributed by atoms with van der Waals surface area (Å²) < 4.78 is 10.9. The smallest absolute Gasteiger partial charge is 0.354 e. The largest absolute Gasteiger partial charge is 0.490 e. The molecule has 1 fully saturated rings. The van der Waals surface area contributed by atoms with Crippen LogP contribution in [0, 0.1) is 0 Å². The number of hydrogen-bond acceptors (Lipinski definition) is 6. The summed E-state index contributed by atoms with van der Waals surface area (Å²) in [6, 6.07) is 21.0. The Morgan fingerprint density at radius 2 is 1.85 bits per heavy atom. The number of aromatic nitrogens is 1. The molecule has 1 saturated heterocycles. The highest BCUT2D eigenvalue weighted by Gasteiger charge is 2.35. The van der Waals surface area contributed by atoms with Crippen LogP contribution in [0.2, 0.25) is 5.02 Å². The van der Waals surface area contributed by atoms with Crippen LogP contribution in [0.4, 0.5) is 5.69 Å². The number of carbonyl (C=O) groups excluding carboxylic acids is 1. The predicted molar refractivity (Wildman–Crippen MR) is 155 cm³/mol. The van der Waals surface area contributed by atoms with E-state index in [4.69, 9.17) is 21.1 Å². The standard InChI is InChI=1S/C31H32ClN3O4/c1-38-31(37)28-15-26-29(13-12-27(32)30(26)33-28)39-19-25(36)18-34-16-24-9-5-4-8-23(34)17-35(24)22-11-10-20-6-2-3-7-21(20)14-22/h2-7,10-15,23-25,33,36H,8-9,16-19H2,1H3/t23-,24-,25-/m0/s1. The minimum Gasteiger partial charge on any atom is -0.490 e. The van der Waals surface area contributed by atoms with Crippen molar-refractivity contribution in [1.29, 1.82) is 0 Å². The van der Waals surface area contributed by atoms with Gasteiger partial charge in [-0.2, -0.15) is 0 Å². The molecule has 39 heavy (non-hydrogen) atoms. The summed E-state index contributed by atoms with van der Waals surface area (Å²) in [5.74, 6) is 0.0756. The number of ether oxygens (including phenoxy) is 2. The maximum absolute atomic E-state index is 12.0. The van der Waals surface area contributed by atoms with E-state index >= 15 is 0 Å². The van der Waals surface area contributed by atoms with Crippen LogP contribution in [0.15, 0.2) is 72.8 Å². The van der Waals surface area contributed by atoms with Gasteiger partial charge in [-0.05, 0) is 53.9 Å². The number of benzene rings is 3. The van der Waals surface area contributed by atoms with E-state index in [1.54, 1.807) is 18.2 Å². The molecule has 3 aliphatic heterocycles. The lowest BCUT2D eigenvalue weighted by molar-refractivity contribution is 0.0409. The van der Waals surface area contributed by atoms with Crippen LogP contribution in [-0.4, -0.2) is 72.5 Å². The van der Waals surface area contributed by atoms with E-state index in [-0.39, 0.29) is 6.61 Å². The molecule has 3 aliphatic rings. The van der Waals surface area contributed by atoms with E-state index in [0.29, 0.717) is 46.0 Å². The topological polar surface area (TPSA) is 78.0 Å². The van der Waals surface area contributed by atoms with Crippen LogP contribution in [0.5, 0.6) is 5.75 Å². The van der Waals surface area contributed by atoms with Gasteiger partial charge < -0.3 is 24.5 Å². The van der Waals surface area contributed by atoms with Crippen molar-refractivity contribution in [1.82, 2.24) is 9.88 Å². The summed E-state index contributed by atoms with van der Waals surface area (Å²) in [5.41, 5.74) is 2.16. The average Bonchev–Trinajstić information content (AvgIpc) is 3.39. The Balaban J connectivity index is 1.14. The Hall–Kier alpha value is -3.52. The molecule has 1 aromatic heterocycles. The molecule has 0 spiro atoms. The molecule has 0 radical (unpaired) electrons. The first-order chi connectivity index (χ1) is 19.0. The van der Waals surface area contributed by atoms with Crippen LogP contribution < -0.4 is 9.64 Å². The van der Waals surface area contributed by atoms with Crippen molar-refractivity contribution in [3.8, 4) is 5.75 Å². The van der Waals surface area contributed by atoms with Gasteiger partial charge in [0, 0.05) is 42.8 Å². The van der Waals surface area contributed by atoms with E-state index in [1.165, 1.54) is 23.6 Å². The Kier molecular flexibility index (Phi) is 7.21. The van der Waals surface area contributed by atoms with Crippen LogP contribution in [0.25, 0.3) is 21.7 Å². The van der Waals surface area contributed by atoms with Crippen molar-refractivity contribution in [2.24, 2.45) is 0 Å². The summed E-state index contributed by atoms with van der Waals surface area (Å²) in [5, 5.41) is 14.7. The molecule has 0 saturated carbocycles. The van der Waals surface area contributed by atoms with Gasteiger partial charge in [0.15, 0.2) is 0 Å². The highest BCUT2D eigenvalue weighted by atomic mass is 35.5. The minimum absolute atomic E-state index is 0.133. The van der Waals surface area contributed by atoms with Crippen molar-refractivity contribution < 1.29 is 19.4 Å². The number of aromatic amines is 1. The number of nitrogens with zero attached hydrogens (tertiary/aromatic N) is 2. The van der Waals surface area contributed by atoms with Gasteiger partial charge in [-0.3, -0.25) is 4.90 Å². The van der Waals surface area contributed by atoms with Crippen LogP contribution in [0.3, 0.4) is 0 Å². The summed E-state index contributed by atoms with van der Waals surface area (Å²) in [6.45, 7) is 2.45. The molecule has 0 amide bonds. The third-order valence-electron chi connectivity index (χ3n) is 7.84. The third kappa shape index (κ3) is 5.22. The number of carbonyl (C=O) groups is 1. The molecule has 202 valence electrons. The summed E-state index contributed by atoms with van der Waals surface area (Å²) in [4.78, 5) is 19.9. The number of H-pyrrole nitrogens is 1. The average molecular weight is 546 g/mol. The fourth-order valence-electron chi connectivity index (χ4n) is 5.85. The molecule has 0 unspecified atom stereocenters. The summed E-state index contributed by atoms with van der Waals surface area (Å²) >= 11 is 6.33. The molecule has 7 nitrogen and oxygen atoms in total. The van der Waals surface area contributed by atoms with Crippen LogP contribution in [0.1, 0.15) is 23.3 Å². The van der Waals surface area contributed by atoms with E-state index in [1.807, 2.05) is 0 Å². The highest BCUT2D eigenvalue weighted by Crippen LogP contribution is 2.33. The lowest BCUT2D eigenvalue weighted by Crippen LogP contribution is -2.60. The fraction of sp³-hybridized carbons (Fsp3) is 0.323.